The number of carbonyl (C=O) groups is 1. The smallest absolute Gasteiger partial charge is 0.225 e. The third-order valence-electron chi connectivity index (χ3n) is 2.21. The Hall–Kier alpha value is -1.06. The van der Waals surface area contributed by atoms with Crippen molar-refractivity contribution in [1.29, 1.82) is 0 Å². The highest BCUT2D eigenvalue weighted by Crippen LogP contribution is 2.13. The van der Waals surface area contributed by atoms with E-state index in [1.54, 1.807) is 24.3 Å². The number of benzene rings is 1. The Morgan fingerprint density at radius 1 is 1.29 bits per heavy atom. The third-order valence-corrected chi connectivity index (χ3v) is 2.46. The third kappa shape index (κ3) is 6.29. The van der Waals surface area contributed by atoms with Gasteiger partial charge in [0, 0.05) is 23.7 Å². The number of hydrogen-bond acceptors (Lipinski definition) is 2. The second kappa shape index (κ2) is 7.30. The molecule has 0 aliphatic heterocycles. The molecule has 2 N–H and O–H groups in total. The first-order valence-corrected chi connectivity index (χ1v) is 6.22. The topological polar surface area (TPSA) is 41.1 Å². The molecule has 0 bridgehead atoms. The Bertz CT molecular complexity index is 349. The molecule has 0 aliphatic carbocycles. The van der Waals surface area contributed by atoms with E-state index in [2.05, 4.69) is 24.5 Å². The van der Waals surface area contributed by atoms with E-state index in [0.717, 1.165) is 12.2 Å². The SMILES string of the molecule is CC(C)CNCCC(=O)Nc1ccc(Cl)cc1. The van der Waals surface area contributed by atoms with Crippen LogP contribution in [0.15, 0.2) is 24.3 Å². The van der Waals surface area contributed by atoms with Crippen LogP contribution in [0.1, 0.15) is 20.3 Å². The van der Waals surface area contributed by atoms with Crippen LogP contribution in [0.4, 0.5) is 5.69 Å². The molecule has 0 fully saturated rings. The van der Waals surface area contributed by atoms with E-state index < -0.39 is 0 Å². The van der Waals surface area contributed by atoms with Gasteiger partial charge in [0.1, 0.15) is 0 Å². The van der Waals surface area contributed by atoms with Gasteiger partial charge in [0.2, 0.25) is 5.91 Å². The summed E-state index contributed by atoms with van der Waals surface area (Å²) >= 11 is 5.76. The zero-order chi connectivity index (χ0) is 12.7. The predicted octanol–water partition coefficient (Wildman–Crippen LogP) is 2.91. The lowest BCUT2D eigenvalue weighted by Crippen LogP contribution is -2.24. The van der Waals surface area contributed by atoms with Gasteiger partial charge in [-0.25, -0.2) is 0 Å². The van der Waals surface area contributed by atoms with Gasteiger partial charge < -0.3 is 10.6 Å². The fourth-order valence-electron chi connectivity index (χ4n) is 1.35. The summed E-state index contributed by atoms with van der Waals surface area (Å²) in [5.74, 6) is 0.623. The number of halogens is 1. The van der Waals surface area contributed by atoms with Crippen molar-refractivity contribution in [3.8, 4) is 0 Å². The fourth-order valence-corrected chi connectivity index (χ4v) is 1.48. The van der Waals surface area contributed by atoms with Gasteiger partial charge in [-0.15, -0.1) is 0 Å². The van der Waals surface area contributed by atoms with Crippen LogP contribution in [0.2, 0.25) is 5.02 Å². The minimum absolute atomic E-state index is 0.0172. The van der Waals surface area contributed by atoms with Crippen LogP contribution in [0, 0.1) is 5.92 Å². The van der Waals surface area contributed by atoms with E-state index >= 15 is 0 Å². The maximum absolute atomic E-state index is 11.6. The Kier molecular flexibility index (Phi) is 6.01. The second-order valence-electron chi connectivity index (χ2n) is 4.40. The van der Waals surface area contributed by atoms with Crippen LogP contribution in [0.5, 0.6) is 0 Å². The number of rotatable bonds is 6. The molecule has 0 aromatic heterocycles. The summed E-state index contributed by atoms with van der Waals surface area (Å²) in [6.07, 6.45) is 0.481. The van der Waals surface area contributed by atoms with Crippen molar-refractivity contribution >= 4 is 23.2 Å². The minimum atomic E-state index is 0.0172. The molecule has 0 atom stereocenters. The largest absolute Gasteiger partial charge is 0.326 e. The van der Waals surface area contributed by atoms with Crippen molar-refractivity contribution in [2.45, 2.75) is 20.3 Å². The maximum atomic E-state index is 11.6. The first-order chi connectivity index (χ1) is 8.08. The normalized spacial score (nSPS) is 10.6. The highest BCUT2D eigenvalue weighted by Gasteiger charge is 2.02. The molecule has 1 aromatic carbocycles. The molecule has 0 heterocycles. The summed E-state index contributed by atoms with van der Waals surface area (Å²) in [7, 11) is 0. The molecule has 0 saturated heterocycles. The monoisotopic (exact) mass is 254 g/mol. The highest BCUT2D eigenvalue weighted by molar-refractivity contribution is 6.30. The van der Waals surface area contributed by atoms with Crippen molar-refractivity contribution in [3.63, 3.8) is 0 Å². The van der Waals surface area contributed by atoms with Gasteiger partial charge in [-0.2, -0.15) is 0 Å². The van der Waals surface area contributed by atoms with Crippen LogP contribution in [0.25, 0.3) is 0 Å². The molecule has 0 unspecified atom stereocenters. The van der Waals surface area contributed by atoms with Gasteiger partial charge in [-0.05, 0) is 36.7 Å². The molecule has 0 spiro atoms. The first-order valence-electron chi connectivity index (χ1n) is 5.84. The van der Waals surface area contributed by atoms with Gasteiger partial charge in [0.15, 0.2) is 0 Å². The molecule has 0 saturated carbocycles. The van der Waals surface area contributed by atoms with Crippen LogP contribution >= 0.6 is 11.6 Å². The Labute approximate surface area is 108 Å². The molecule has 4 heteroatoms. The summed E-state index contributed by atoms with van der Waals surface area (Å²) in [6.45, 7) is 5.92. The van der Waals surface area contributed by atoms with E-state index in [9.17, 15) is 4.79 Å². The van der Waals surface area contributed by atoms with E-state index in [1.165, 1.54) is 0 Å². The molecule has 3 nitrogen and oxygen atoms in total. The molecular weight excluding hydrogens is 236 g/mol. The zero-order valence-corrected chi connectivity index (χ0v) is 11.1. The fraction of sp³-hybridized carbons (Fsp3) is 0.462. The molecular formula is C13H19ClN2O. The molecule has 94 valence electrons. The predicted molar refractivity (Wildman–Crippen MR) is 72.4 cm³/mol. The summed E-state index contributed by atoms with van der Waals surface area (Å²) in [5, 5.41) is 6.72. The lowest BCUT2D eigenvalue weighted by molar-refractivity contribution is -0.116. The van der Waals surface area contributed by atoms with Crippen molar-refractivity contribution in [2.75, 3.05) is 18.4 Å². The molecule has 1 amide bonds. The lowest BCUT2D eigenvalue weighted by Gasteiger charge is -2.08. The molecule has 17 heavy (non-hydrogen) atoms. The standard InChI is InChI=1S/C13H19ClN2O/c1-10(2)9-15-8-7-13(17)16-12-5-3-11(14)4-6-12/h3-6,10,15H,7-9H2,1-2H3,(H,16,17). The van der Waals surface area contributed by atoms with Gasteiger partial charge >= 0.3 is 0 Å². The van der Waals surface area contributed by atoms with E-state index in [4.69, 9.17) is 11.6 Å². The van der Waals surface area contributed by atoms with Crippen molar-refractivity contribution in [1.82, 2.24) is 5.32 Å². The number of anilines is 1. The summed E-state index contributed by atoms with van der Waals surface area (Å²) < 4.78 is 0. The van der Waals surface area contributed by atoms with E-state index in [1.807, 2.05) is 0 Å². The number of hydrogen-bond donors (Lipinski definition) is 2. The Morgan fingerprint density at radius 3 is 2.53 bits per heavy atom. The van der Waals surface area contributed by atoms with Crippen molar-refractivity contribution in [3.05, 3.63) is 29.3 Å². The van der Waals surface area contributed by atoms with Gasteiger partial charge in [-0.3, -0.25) is 4.79 Å². The van der Waals surface area contributed by atoms with Crippen LogP contribution in [0.3, 0.4) is 0 Å². The van der Waals surface area contributed by atoms with E-state index in [0.29, 0.717) is 23.9 Å². The number of amides is 1. The Balaban J connectivity index is 2.23. The van der Waals surface area contributed by atoms with Crippen LogP contribution < -0.4 is 10.6 Å². The summed E-state index contributed by atoms with van der Waals surface area (Å²) in [6, 6.07) is 7.10. The summed E-state index contributed by atoms with van der Waals surface area (Å²) in [4.78, 5) is 11.6. The second-order valence-corrected chi connectivity index (χ2v) is 4.84. The number of carbonyl (C=O) groups excluding carboxylic acids is 1. The minimum Gasteiger partial charge on any atom is -0.326 e. The van der Waals surface area contributed by atoms with Gasteiger partial charge in [0.25, 0.3) is 0 Å². The molecule has 1 aromatic rings. The van der Waals surface area contributed by atoms with Gasteiger partial charge in [-0.1, -0.05) is 25.4 Å². The number of nitrogens with one attached hydrogen (secondary N) is 2. The van der Waals surface area contributed by atoms with Crippen LogP contribution in [-0.2, 0) is 4.79 Å². The van der Waals surface area contributed by atoms with Gasteiger partial charge in [0.05, 0.1) is 0 Å². The van der Waals surface area contributed by atoms with Crippen LogP contribution in [-0.4, -0.2) is 19.0 Å². The van der Waals surface area contributed by atoms with Crippen molar-refractivity contribution in [2.24, 2.45) is 5.92 Å². The molecule has 0 aliphatic rings. The average molecular weight is 255 g/mol. The zero-order valence-electron chi connectivity index (χ0n) is 10.3. The average Bonchev–Trinajstić information content (AvgIpc) is 2.27. The maximum Gasteiger partial charge on any atom is 0.225 e. The lowest BCUT2D eigenvalue weighted by atomic mass is 10.2. The highest BCUT2D eigenvalue weighted by atomic mass is 35.5. The summed E-state index contributed by atoms with van der Waals surface area (Å²) in [5.41, 5.74) is 0.781. The van der Waals surface area contributed by atoms with E-state index in [-0.39, 0.29) is 5.91 Å². The first kappa shape index (κ1) is 14.0. The molecule has 0 radical (unpaired) electrons. The van der Waals surface area contributed by atoms with Crippen molar-refractivity contribution < 1.29 is 4.79 Å². The quantitative estimate of drug-likeness (QED) is 0.767. The Morgan fingerprint density at radius 2 is 1.94 bits per heavy atom. The molecule has 1 rings (SSSR count).